The number of hydrogen-bond donors (Lipinski definition) is 2. The summed E-state index contributed by atoms with van der Waals surface area (Å²) in [4.78, 5) is 11.0. The second-order valence-corrected chi connectivity index (χ2v) is 6.85. The molecule has 20 heavy (non-hydrogen) atoms. The number of methoxy groups -OCH3 is 1. The molecule has 2 N–H and O–H groups in total. The van der Waals surface area contributed by atoms with Crippen LogP contribution in [0.25, 0.3) is 0 Å². The van der Waals surface area contributed by atoms with Gasteiger partial charge in [-0.05, 0) is 40.5 Å². The summed E-state index contributed by atoms with van der Waals surface area (Å²) in [6.45, 7) is 0.129. The predicted molar refractivity (Wildman–Crippen MR) is 77.4 cm³/mol. The molecule has 1 aromatic rings. The average molecular weight is 387 g/mol. The molecular formula is C11H13BrClNO5S. The van der Waals surface area contributed by atoms with Crippen molar-refractivity contribution in [2.24, 2.45) is 0 Å². The van der Waals surface area contributed by atoms with E-state index in [1.165, 1.54) is 25.3 Å². The van der Waals surface area contributed by atoms with Gasteiger partial charge in [0.25, 0.3) is 0 Å². The third-order valence-electron chi connectivity index (χ3n) is 2.41. The Labute approximate surface area is 130 Å². The molecule has 112 valence electrons. The normalized spacial score (nSPS) is 13.2. The summed E-state index contributed by atoms with van der Waals surface area (Å²) in [7, 11) is -2.54. The molecule has 0 radical (unpaired) electrons. The number of ether oxygens (including phenoxy) is 1. The zero-order valence-corrected chi connectivity index (χ0v) is 13.6. The minimum atomic E-state index is -3.95. The number of hydrogen-bond acceptors (Lipinski definition) is 4. The Morgan fingerprint density at radius 1 is 1.55 bits per heavy atom. The van der Waals surface area contributed by atoms with E-state index in [0.29, 0.717) is 9.50 Å². The van der Waals surface area contributed by atoms with Crippen molar-refractivity contribution in [1.82, 2.24) is 4.72 Å². The molecule has 0 amide bonds. The summed E-state index contributed by atoms with van der Waals surface area (Å²) in [5.74, 6) is -1.27. The lowest BCUT2D eigenvalue weighted by Crippen LogP contribution is -2.41. The van der Waals surface area contributed by atoms with Crippen LogP contribution < -0.4 is 4.72 Å². The summed E-state index contributed by atoms with van der Waals surface area (Å²) in [6.07, 6.45) is 0.0276. The Kier molecular flexibility index (Phi) is 6.41. The van der Waals surface area contributed by atoms with Crippen molar-refractivity contribution in [3.63, 3.8) is 0 Å². The van der Waals surface area contributed by atoms with E-state index in [4.69, 9.17) is 21.4 Å². The van der Waals surface area contributed by atoms with Gasteiger partial charge in [-0.25, -0.2) is 8.42 Å². The Balaban J connectivity index is 2.97. The maximum Gasteiger partial charge on any atom is 0.321 e. The van der Waals surface area contributed by atoms with Crippen LogP contribution in [0.1, 0.15) is 6.42 Å². The van der Waals surface area contributed by atoms with Crippen LogP contribution >= 0.6 is 27.5 Å². The smallest absolute Gasteiger partial charge is 0.321 e. The minimum absolute atomic E-state index is 0.0276. The number of nitrogens with one attached hydrogen (secondary N) is 1. The van der Waals surface area contributed by atoms with E-state index in [9.17, 15) is 13.2 Å². The van der Waals surface area contributed by atoms with Crippen molar-refractivity contribution in [3.8, 4) is 0 Å². The van der Waals surface area contributed by atoms with E-state index in [1.807, 2.05) is 0 Å². The molecule has 1 aromatic carbocycles. The minimum Gasteiger partial charge on any atom is -0.480 e. The fourth-order valence-corrected chi connectivity index (χ4v) is 3.27. The molecule has 0 aromatic heterocycles. The van der Waals surface area contributed by atoms with Gasteiger partial charge in [0, 0.05) is 18.2 Å². The first-order valence-corrected chi connectivity index (χ1v) is 8.12. The second-order valence-electron chi connectivity index (χ2n) is 3.87. The van der Waals surface area contributed by atoms with Crippen molar-refractivity contribution in [1.29, 1.82) is 0 Å². The van der Waals surface area contributed by atoms with Crippen molar-refractivity contribution in [2.45, 2.75) is 17.4 Å². The summed E-state index contributed by atoms with van der Waals surface area (Å²) in [5.41, 5.74) is 0. The molecule has 1 unspecified atom stereocenters. The van der Waals surface area contributed by atoms with E-state index in [0.717, 1.165) is 0 Å². The predicted octanol–water partition coefficient (Wildman–Crippen LogP) is 1.87. The van der Waals surface area contributed by atoms with E-state index >= 15 is 0 Å². The van der Waals surface area contributed by atoms with Crippen LogP contribution in [0.2, 0.25) is 5.02 Å². The summed E-state index contributed by atoms with van der Waals surface area (Å²) in [5, 5.41) is 9.36. The van der Waals surface area contributed by atoms with Gasteiger partial charge in [0.1, 0.15) is 6.04 Å². The number of benzene rings is 1. The van der Waals surface area contributed by atoms with Crippen molar-refractivity contribution in [3.05, 3.63) is 27.7 Å². The maximum atomic E-state index is 12.1. The Hall–Kier alpha value is -0.670. The SMILES string of the molecule is COCCC(NS(=O)(=O)c1ccc(Cl)c(Br)c1)C(=O)O. The van der Waals surface area contributed by atoms with Crippen LogP contribution in [-0.2, 0) is 19.6 Å². The van der Waals surface area contributed by atoms with Crippen LogP contribution in [0.15, 0.2) is 27.6 Å². The van der Waals surface area contributed by atoms with Gasteiger partial charge in [0.2, 0.25) is 10.0 Å². The molecule has 0 saturated carbocycles. The van der Waals surface area contributed by atoms with Crippen molar-refractivity contribution in [2.75, 3.05) is 13.7 Å². The van der Waals surface area contributed by atoms with Gasteiger partial charge in [-0.2, -0.15) is 4.72 Å². The van der Waals surface area contributed by atoms with E-state index in [-0.39, 0.29) is 17.9 Å². The maximum absolute atomic E-state index is 12.1. The molecule has 0 saturated heterocycles. The Morgan fingerprint density at radius 3 is 2.70 bits per heavy atom. The summed E-state index contributed by atoms with van der Waals surface area (Å²) in [6, 6.07) is 2.75. The third kappa shape index (κ3) is 4.71. The van der Waals surface area contributed by atoms with Crippen LogP contribution in [0, 0.1) is 0 Å². The van der Waals surface area contributed by atoms with E-state index in [1.54, 1.807) is 0 Å². The molecule has 0 aliphatic heterocycles. The molecule has 0 fully saturated rings. The molecule has 6 nitrogen and oxygen atoms in total. The van der Waals surface area contributed by atoms with Crippen LogP contribution in [0.5, 0.6) is 0 Å². The number of sulfonamides is 1. The molecule has 1 atom stereocenters. The highest BCUT2D eigenvalue weighted by atomic mass is 79.9. The summed E-state index contributed by atoms with van der Waals surface area (Å²) < 4.78 is 31.5. The lowest BCUT2D eigenvalue weighted by molar-refractivity contribution is -0.139. The first kappa shape index (κ1) is 17.4. The van der Waals surface area contributed by atoms with Gasteiger partial charge < -0.3 is 9.84 Å². The highest BCUT2D eigenvalue weighted by Gasteiger charge is 2.25. The third-order valence-corrected chi connectivity index (χ3v) is 5.09. The zero-order chi connectivity index (χ0) is 15.3. The zero-order valence-electron chi connectivity index (χ0n) is 10.5. The first-order valence-electron chi connectivity index (χ1n) is 5.47. The molecule has 1 rings (SSSR count). The van der Waals surface area contributed by atoms with Crippen LogP contribution in [0.4, 0.5) is 0 Å². The monoisotopic (exact) mass is 385 g/mol. The standard InChI is InChI=1S/C11H13BrClNO5S/c1-19-5-4-10(11(15)16)14-20(17,18)7-2-3-9(13)8(12)6-7/h2-3,6,10,14H,4-5H2,1H3,(H,15,16). The molecule has 9 heteroatoms. The fourth-order valence-electron chi connectivity index (χ4n) is 1.37. The van der Waals surface area contributed by atoms with Gasteiger partial charge in [-0.1, -0.05) is 11.6 Å². The summed E-state index contributed by atoms with van der Waals surface area (Å²) >= 11 is 8.90. The Bertz CT molecular complexity index is 592. The second kappa shape index (κ2) is 7.37. The van der Waals surface area contributed by atoms with E-state index < -0.39 is 22.0 Å². The lowest BCUT2D eigenvalue weighted by Gasteiger charge is -2.14. The lowest BCUT2D eigenvalue weighted by atomic mass is 10.2. The van der Waals surface area contributed by atoms with Gasteiger partial charge >= 0.3 is 5.97 Å². The van der Waals surface area contributed by atoms with Gasteiger partial charge in [-0.3, -0.25) is 4.79 Å². The van der Waals surface area contributed by atoms with Gasteiger partial charge in [-0.15, -0.1) is 0 Å². The molecule has 0 aliphatic carbocycles. The largest absolute Gasteiger partial charge is 0.480 e. The molecule has 0 bridgehead atoms. The molecular weight excluding hydrogens is 374 g/mol. The number of carboxylic acid groups (broad SMARTS) is 1. The van der Waals surface area contributed by atoms with Gasteiger partial charge in [0.15, 0.2) is 0 Å². The van der Waals surface area contributed by atoms with Gasteiger partial charge in [0.05, 0.1) is 9.92 Å². The fraction of sp³-hybridized carbons (Fsp3) is 0.364. The number of rotatable bonds is 7. The first-order chi connectivity index (χ1) is 9.27. The molecule has 0 heterocycles. The topological polar surface area (TPSA) is 92.7 Å². The number of halogens is 2. The highest BCUT2D eigenvalue weighted by Crippen LogP contribution is 2.25. The molecule has 0 spiro atoms. The number of carboxylic acids is 1. The van der Waals surface area contributed by atoms with E-state index in [2.05, 4.69) is 20.7 Å². The number of aliphatic carboxylic acids is 1. The van der Waals surface area contributed by atoms with Crippen LogP contribution in [-0.4, -0.2) is 39.3 Å². The van der Waals surface area contributed by atoms with Crippen molar-refractivity contribution < 1.29 is 23.1 Å². The van der Waals surface area contributed by atoms with Crippen LogP contribution in [0.3, 0.4) is 0 Å². The highest BCUT2D eigenvalue weighted by molar-refractivity contribution is 9.10. The molecule has 0 aliphatic rings. The average Bonchev–Trinajstić information content (AvgIpc) is 2.37. The Morgan fingerprint density at radius 2 is 2.20 bits per heavy atom. The van der Waals surface area contributed by atoms with Crippen molar-refractivity contribution >= 4 is 43.5 Å². The quantitative estimate of drug-likeness (QED) is 0.746. The number of carbonyl (C=O) groups is 1.